The van der Waals surface area contributed by atoms with Gasteiger partial charge >= 0.3 is 0 Å². The van der Waals surface area contributed by atoms with Crippen LogP contribution in [0.2, 0.25) is 0 Å². The second kappa shape index (κ2) is 9.96. The number of benzene rings is 2. The Hall–Kier alpha value is -3.15. The number of nitrogens with one attached hydrogen (secondary N) is 3. The van der Waals surface area contributed by atoms with E-state index < -0.39 is 10.0 Å². The lowest BCUT2D eigenvalue weighted by Crippen LogP contribution is -2.48. The number of carbonyl (C=O) groups is 1. The fraction of sp³-hybridized carbons (Fsp3) is 0.385. The van der Waals surface area contributed by atoms with E-state index in [0.717, 1.165) is 47.0 Å². The highest BCUT2D eigenvalue weighted by Gasteiger charge is 2.35. The van der Waals surface area contributed by atoms with Gasteiger partial charge in [-0.1, -0.05) is 29.5 Å². The summed E-state index contributed by atoms with van der Waals surface area (Å²) < 4.78 is 31.5. The number of nitrogens with zero attached hydrogens (tertiary/aromatic N) is 2. The predicted molar refractivity (Wildman–Crippen MR) is 148 cm³/mol. The smallest absolute Gasteiger partial charge is 0.263 e. The van der Waals surface area contributed by atoms with Crippen molar-refractivity contribution in [1.29, 1.82) is 0 Å². The summed E-state index contributed by atoms with van der Waals surface area (Å²) in [5, 5.41) is 7.30. The Labute approximate surface area is 221 Å². The zero-order valence-electron chi connectivity index (χ0n) is 21.1. The summed E-state index contributed by atoms with van der Waals surface area (Å²) in [5.41, 5.74) is 3.90. The van der Waals surface area contributed by atoms with Crippen LogP contribution in [-0.2, 0) is 27.6 Å². The predicted octanol–water partition coefficient (Wildman–Crippen LogP) is 3.77. The molecular formula is C26H31N5O4S2. The van der Waals surface area contributed by atoms with Crippen LogP contribution in [0.1, 0.15) is 34.8 Å². The van der Waals surface area contributed by atoms with Crippen LogP contribution in [0.5, 0.6) is 0 Å². The van der Waals surface area contributed by atoms with E-state index in [9.17, 15) is 13.2 Å². The zero-order chi connectivity index (χ0) is 26.2. The maximum absolute atomic E-state index is 12.6. The number of amides is 1. The molecule has 196 valence electrons. The highest BCUT2D eigenvalue weighted by molar-refractivity contribution is 7.92. The van der Waals surface area contributed by atoms with Crippen molar-refractivity contribution in [2.24, 2.45) is 0 Å². The minimum absolute atomic E-state index is 0.0469. The molecule has 2 aliphatic rings. The molecule has 37 heavy (non-hydrogen) atoms. The number of hydrogen-bond donors (Lipinski definition) is 3. The molecule has 3 heterocycles. The standard InChI is InChI=1S/C26H31N5O4S2/c1-26(2)15-22-23(24(32)29-26)36-25(28-22)31-10-11-35-16-21(31)13-17-6-4-7-18(12-17)27-19-8-5-9-20(14-19)30-37(3,33)34/h4-9,12,14,21,27,30H,10-11,13,15-16H2,1-3H3,(H,29,32). The van der Waals surface area contributed by atoms with E-state index in [1.807, 2.05) is 32.0 Å². The molecule has 9 nitrogen and oxygen atoms in total. The van der Waals surface area contributed by atoms with Crippen LogP contribution < -0.4 is 20.3 Å². The third-order valence-electron chi connectivity index (χ3n) is 6.28. The highest BCUT2D eigenvalue weighted by Crippen LogP contribution is 2.34. The van der Waals surface area contributed by atoms with E-state index in [1.165, 1.54) is 11.3 Å². The van der Waals surface area contributed by atoms with E-state index in [1.54, 1.807) is 18.2 Å². The molecule has 0 radical (unpaired) electrons. The molecule has 0 aliphatic carbocycles. The van der Waals surface area contributed by atoms with Crippen LogP contribution in [0.15, 0.2) is 48.5 Å². The van der Waals surface area contributed by atoms with E-state index in [-0.39, 0.29) is 17.5 Å². The van der Waals surface area contributed by atoms with Gasteiger partial charge in [0.2, 0.25) is 10.0 Å². The van der Waals surface area contributed by atoms with Gasteiger partial charge in [0.25, 0.3) is 5.91 Å². The Balaban J connectivity index is 1.32. The summed E-state index contributed by atoms with van der Waals surface area (Å²) in [6.07, 6.45) is 2.60. The number of hydrogen-bond acceptors (Lipinski definition) is 8. The molecule has 11 heteroatoms. The zero-order valence-corrected chi connectivity index (χ0v) is 22.7. The molecule has 2 aliphatic heterocycles. The third kappa shape index (κ3) is 6.23. The number of fused-ring (bicyclic) bond motifs is 1. The quantitative estimate of drug-likeness (QED) is 0.417. The Kier molecular flexibility index (Phi) is 6.86. The first-order chi connectivity index (χ1) is 17.5. The average Bonchev–Trinajstić information content (AvgIpc) is 3.22. The minimum Gasteiger partial charge on any atom is -0.377 e. The van der Waals surface area contributed by atoms with Gasteiger partial charge in [-0.15, -0.1) is 0 Å². The van der Waals surface area contributed by atoms with Gasteiger partial charge in [-0.05, 0) is 56.2 Å². The molecule has 3 N–H and O–H groups in total. The number of ether oxygens (including phenoxy) is 1. The lowest BCUT2D eigenvalue weighted by molar-refractivity contribution is 0.0900. The number of thiazole rings is 1. The molecule has 1 unspecified atom stereocenters. The number of rotatable bonds is 7. The summed E-state index contributed by atoms with van der Waals surface area (Å²) in [4.78, 5) is 20.5. The lowest BCUT2D eigenvalue weighted by atomic mass is 9.94. The number of anilines is 4. The van der Waals surface area contributed by atoms with E-state index in [2.05, 4.69) is 32.4 Å². The molecule has 1 aromatic heterocycles. The van der Waals surface area contributed by atoms with Crippen LogP contribution in [0.3, 0.4) is 0 Å². The molecule has 1 saturated heterocycles. The molecule has 1 fully saturated rings. The van der Waals surface area contributed by atoms with E-state index in [4.69, 9.17) is 9.72 Å². The van der Waals surface area contributed by atoms with Crippen molar-refractivity contribution in [3.8, 4) is 0 Å². The normalized spacial score (nSPS) is 19.2. The second-order valence-corrected chi connectivity index (χ2v) is 12.9. The first-order valence-corrected chi connectivity index (χ1v) is 14.9. The second-order valence-electron chi connectivity index (χ2n) is 10.2. The Morgan fingerprint density at radius 1 is 1.16 bits per heavy atom. The van der Waals surface area contributed by atoms with Gasteiger partial charge in [0.15, 0.2) is 5.13 Å². The van der Waals surface area contributed by atoms with E-state index in [0.29, 0.717) is 30.2 Å². The highest BCUT2D eigenvalue weighted by atomic mass is 32.2. The van der Waals surface area contributed by atoms with Crippen LogP contribution in [-0.4, -0.2) is 56.9 Å². The Morgan fingerprint density at radius 2 is 1.89 bits per heavy atom. The first-order valence-electron chi connectivity index (χ1n) is 12.2. The molecule has 1 amide bonds. The van der Waals surface area contributed by atoms with Gasteiger partial charge in [0.05, 0.1) is 36.9 Å². The Morgan fingerprint density at radius 3 is 2.68 bits per heavy atom. The fourth-order valence-corrected chi connectivity index (χ4v) is 6.38. The minimum atomic E-state index is -3.35. The third-order valence-corrected chi connectivity index (χ3v) is 8.02. The number of sulfonamides is 1. The fourth-order valence-electron chi connectivity index (χ4n) is 4.75. The van der Waals surface area contributed by atoms with Crippen LogP contribution in [0.4, 0.5) is 22.2 Å². The van der Waals surface area contributed by atoms with Crippen molar-refractivity contribution in [2.75, 3.05) is 41.0 Å². The molecule has 0 spiro atoms. The topological polar surface area (TPSA) is 113 Å². The van der Waals surface area contributed by atoms with Gasteiger partial charge in [0.1, 0.15) is 4.88 Å². The number of carbonyl (C=O) groups excluding carboxylic acids is 1. The number of morpholine rings is 1. The SMILES string of the molecule is CC1(C)Cc2nc(N3CCOCC3Cc3cccc(Nc4cccc(NS(C)(=O)=O)c4)c3)sc2C(=O)N1. The first kappa shape index (κ1) is 25.5. The molecule has 2 aromatic carbocycles. The van der Waals surface area contributed by atoms with Crippen LogP contribution >= 0.6 is 11.3 Å². The van der Waals surface area contributed by atoms with Crippen molar-refractivity contribution in [2.45, 2.75) is 38.3 Å². The lowest BCUT2D eigenvalue weighted by Gasteiger charge is -2.35. The summed E-state index contributed by atoms with van der Waals surface area (Å²) in [5.74, 6) is -0.0469. The molecule has 5 rings (SSSR count). The summed E-state index contributed by atoms with van der Waals surface area (Å²) in [7, 11) is -3.35. The van der Waals surface area contributed by atoms with Crippen molar-refractivity contribution in [1.82, 2.24) is 10.3 Å². The van der Waals surface area contributed by atoms with Gasteiger partial charge in [-0.2, -0.15) is 0 Å². The van der Waals surface area contributed by atoms with Crippen LogP contribution in [0.25, 0.3) is 0 Å². The largest absolute Gasteiger partial charge is 0.377 e. The maximum Gasteiger partial charge on any atom is 0.263 e. The number of aromatic nitrogens is 1. The van der Waals surface area contributed by atoms with Crippen molar-refractivity contribution in [3.05, 3.63) is 64.7 Å². The molecule has 1 atom stereocenters. The van der Waals surface area contributed by atoms with Crippen molar-refractivity contribution < 1.29 is 17.9 Å². The average molecular weight is 542 g/mol. The van der Waals surface area contributed by atoms with E-state index >= 15 is 0 Å². The van der Waals surface area contributed by atoms with Gasteiger partial charge in [0, 0.05) is 29.9 Å². The molecule has 3 aromatic rings. The Bertz CT molecular complexity index is 1420. The summed E-state index contributed by atoms with van der Waals surface area (Å²) in [6.45, 7) is 5.96. The monoisotopic (exact) mass is 541 g/mol. The van der Waals surface area contributed by atoms with Crippen LogP contribution in [0, 0.1) is 0 Å². The molecule has 0 bridgehead atoms. The van der Waals surface area contributed by atoms with Crippen molar-refractivity contribution in [3.63, 3.8) is 0 Å². The van der Waals surface area contributed by atoms with Gasteiger partial charge in [-0.3, -0.25) is 9.52 Å². The summed E-state index contributed by atoms with van der Waals surface area (Å²) in [6, 6.07) is 15.4. The van der Waals surface area contributed by atoms with Gasteiger partial charge in [-0.25, -0.2) is 13.4 Å². The molecule has 0 saturated carbocycles. The summed E-state index contributed by atoms with van der Waals surface area (Å²) >= 11 is 1.46. The van der Waals surface area contributed by atoms with Gasteiger partial charge < -0.3 is 20.3 Å². The molecular weight excluding hydrogens is 510 g/mol. The maximum atomic E-state index is 12.6. The van der Waals surface area contributed by atoms with Crippen molar-refractivity contribution >= 4 is 49.5 Å².